The van der Waals surface area contributed by atoms with Gasteiger partial charge in [-0.2, -0.15) is 0 Å². The highest BCUT2D eigenvalue weighted by atomic mass is 16.9. The Morgan fingerprint density at radius 1 is 1.24 bits per heavy atom. The normalized spacial score (nSPS) is 50.3. The van der Waals surface area contributed by atoms with Gasteiger partial charge in [-0.1, -0.05) is 0 Å². The molecule has 6 atom stereocenters. The summed E-state index contributed by atoms with van der Waals surface area (Å²) in [4.78, 5) is 0. The molecule has 3 N–H and O–H groups in total. The van der Waals surface area contributed by atoms with Crippen LogP contribution in [-0.2, 0) is 18.9 Å². The predicted molar refractivity (Wildman–Crippen MR) is 53.7 cm³/mol. The van der Waals surface area contributed by atoms with Gasteiger partial charge in [0.15, 0.2) is 6.29 Å². The standard InChI is InChI=1S/C10H18O7/c1-3-14-10(2)16-8-7(13)6(12)5(4-11)15-9(8)17-10/h5-9,11-13H,3-4H2,1-2H3/t5-,6+,7+,8-,9+,10-/m1/s1. The first-order chi connectivity index (χ1) is 8.00. The molecule has 0 radical (unpaired) electrons. The first-order valence-electron chi connectivity index (χ1n) is 5.63. The van der Waals surface area contributed by atoms with Crippen LogP contribution in [0.15, 0.2) is 0 Å². The van der Waals surface area contributed by atoms with Crippen molar-refractivity contribution in [3.8, 4) is 0 Å². The summed E-state index contributed by atoms with van der Waals surface area (Å²) in [5.41, 5.74) is 0. The molecule has 2 fully saturated rings. The van der Waals surface area contributed by atoms with E-state index >= 15 is 0 Å². The molecule has 0 spiro atoms. The molecule has 0 saturated carbocycles. The molecule has 0 aromatic heterocycles. The third kappa shape index (κ3) is 2.32. The van der Waals surface area contributed by atoms with Gasteiger partial charge in [-0.25, -0.2) is 0 Å². The molecule has 2 aliphatic rings. The topological polar surface area (TPSA) is 97.6 Å². The SMILES string of the molecule is CCO[C@@]1(C)O[C@@H]2O[C@H](CO)[C@H](O)[C@H](O)[C@H]2O1. The lowest BCUT2D eigenvalue weighted by Crippen LogP contribution is -2.57. The summed E-state index contributed by atoms with van der Waals surface area (Å²) in [6, 6.07) is 0. The van der Waals surface area contributed by atoms with Gasteiger partial charge in [-0.3, -0.25) is 4.74 Å². The van der Waals surface area contributed by atoms with Crippen LogP contribution in [0.2, 0.25) is 0 Å². The average molecular weight is 250 g/mol. The molecule has 17 heavy (non-hydrogen) atoms. The van der Waals surface area contributed by atoms with Gasteiger partial charge in [-0.05, 0) is 6.92 Å². The Bertz CT molecular complexity index is 273. The molecule has 2 saturated heterocycles. The Hall–Kier alpha value is -0.280. The molecule has 0 aromatic carbocycles. The maximum Gasteiger partial charge on any atom is 0.282 e. The van der Waals surface area contributed by atoms with Gasteiger partial charge in [0.2, 0.25) is 0 Å². The number of ether oxygens (including phenoxy) is 4. The highest BCUT2D eigenvalue weighted by Crippen LogP contribution is 2.36. The Labute approximate surface area is 98.8 Å². The van der Waals surface area contributed by atoms with E-state index < -0.39 is 43.3 Å². The molecule has 0 amide bonds. The Morgan fingerprint density at radius 3 is 2.53 bits per heavy atom. The van der Waals surface area contributed by atoms with Crippen LogP contribution in [0.1, 0.15) is 13.8 Å². The van der Waals surface area contributed by atoms with E-state index in [4.69, 9.17) is 24.1 Å². The maximum atomic E-state index is 9.85. The molecule has 2 aliphatic heterocycles. The zero-order valence-electron chi connectivity index (χ0n) is 9.78. The summed E-state index contributed by atoms with van der Waals surface area (Å²) in [6.07, 6.45) is -4.98. The lowest BCUT2D eigenvalue weighted by molar-refractivity contribution is -0.342. The molecule has 100 valence electrons. The van der Waals surface area contributed by atoms with Crippen molar-refractivity contribution in [1.82, 2.24) is 0 Å². The van der Waals surface area contributed by atoms with Crippen LogP contribution >= 0.6 is 0 Å². The van der Waals surface area contributed by atoms with Gasteiger partial charge in [0.05, 0.1) is 6.61 Å². The molecule has 7 nitrogen and oxygen atoms in total. The van der Waals surface area contributed by atoms with Gasteiger partial charge in [0.1, 0.15) is 24.4 Å². The van der Waals surface area contributed by atoms with E-state index in [9.17, 15) is 10.2 Å². The van der Waals surface area contributed by atoms with E-state index in [1.54, 1.807) is 13.8 Å². The van der Waals surface area contributed by atoms with Crippen molar-refractivity contribution in [3.63, 3.8) is 0 Å². The van der Waals surface area contributed by atoms with Crippen LogP contribution < -0.4 is 0 Å². The van der Waals surface area contributed by atoms with Crippen LogP contribution in [0.5, 0.6) is 0 Å². The molecule has 0 bridgehead atoms. The van der Waals surface area contributed by atoms with Gasteiger partial charge >= 0.3 is 0 Å². The fourth-order valence-corrected chi connectivity index (χ4v) is 2.09. The fourth-order valence-electron chi connectivity index (χ4n) is 2.09. The molecular formula is C10H18O7. The Morgan fingerprint density at radius 2 is 1.94 bits per heavy atom. The molecule has 0 aromatic rings. The molecular weight excluding hydrogens is 232 g/mol. The predicted octanol–water partition coefficient (Wildman–Crippen LogP) is -1.45. The van der Waals surface area contributed by atoms with Crippen LogP contribution in [0.25, 0.3) is 0 Å². The summed E-state index contributed by atoms with van der Waals surface area (Å²) < 4.78 is 21.4. The van der Waals surface area contributed by atoms with E-state index in [1.807, 2.05) is 0 Å². The quantitative estimate of drug-likeness (QED) is 0.563. The maximum absolute atomic E-state index is 9.85. The average Bonchev–Trinajstić information content (AvgIpc) is 2.61. The number of hydrogen-bond donors (Lipinski definition) is 3. The smallest absolute Gasteiger partial charge is 0.282 e. The number of aliphatic hydroxyl groups excluding tert-OH is 3. The Kier molecular flexibility index (Phi) is 3.69. The lowest BCUT2D eigenvalue weighted by atomic mass is 9.99. The minimum atomic E-state index is -1.30. The van der Waals surface area contributed by atoms with Crippen LogP contribution in [-0.4, -0.2) is 65.2 Å². The number of rotatable bonds is 3. The summed E-state index contributed by atoms with van der Waals surface area (Å²) in [6.45, 7) is 3.31. The van der Waals surface area contributed by atoms with Crippen molar-refractivity contribution in [2.45, 2.75) is 50.5 Å². The van der Waals surface area contributed by atoms with Crippen molar-refractivity contribution in [1.29, 1.82) is 0 Å². The summed E-state index contributed by atoms with van der Waals surface area (Å²) >= 11 is 0. The van der Waals surface area contributed by atoms with Crippen LogP contribution in [0.4, 0.5) is 0 Å². The molecule has 7 heteroatoms. The molecule has 0 aliphatic carbocycles. The second kappa shape index (κ2) is 4.77. The molecule has 2 heterocycles. The number of aliphatic hydroxyl groups is 3. The lowest BCUT2D eigenvalue weighted by Gasteiger charge is -2.36. The van der Waals surface area contributed by atoms with Crippen molar-refractivity contribution in [3.05, 3.63) is 0 Å². The zero-order chi connectivity index (χ0) is 12.6. The summed E-state index contributed by atoms with van der Waals surface area (Å²) in [5, 5.41) is 28.5. The van der Waals surface area contributed by atoms with E-state index in [0.29, 0.717) is 6.61 Å². The minimum absolute atomic E-state index is 0.373. The molecule has 0 unspecified atom stereocenters. The molecule has 2 rings (SSSR count). The van der Waals surface area contributed by atoms with Crippen molar-refractivity contribution >= 4 is 0 Å². The van der Waals surface area contributed by atoms with Gasteiger partial charge < -0.3 is 29.5 Å². The third-order valence-corrected chi connectivity index (χ3v) is 2.91. The summed E-state index contributed by atoms with van der Waals surface area (Å²) in [5.74, 6) is -1.30. The van der Waals surface area contributed by atoms with E-state index in [0.717, 1.165) is 0 Å². The van der Waals surface area contributed by atoms with E-state index in [-0.39, 0.29) is 0 Å². The minimum Gasteiger partial charge on any atom is -0.394 e. The van der Waals surface area contributed by atoms with Gasteiger partial charge in [-0.15, -0.1) is 0 Å². The first-order valence-corrected chi connectivity index (χ1v) is 5.63. The van der Waals surface area contributed by atoms with Crippen LogP contribution in [0, 0.1) is 0 Å². The highest BCUT2D eigenvalue weighted by molar-refractivity contribution is 4.93. The Balaban J connectivity index is 2.09. The fraction of sp³-hybridized carbons (Fsp3) is 1.00. The summed E-state index contributed by atoms with van der Waals surface area (Å²) in [7, 11) is 0. The van der Waals surface area contributed by atoms with Crippen molar-refractivity contribution in [2.75, 3.05) is 13.2 Å². The largest absolute Gasteiger partial charge is 0.394 e. The monoisotopic (exact) mass is 250 g/mol. The first kappa shape index (κ1) is 13.2. The second-order valence-electron chi connectivity index (χ2n) is 4.20. The van der Waals surface area contributed by atoms with E-state index in [2.05, 4.69) is 0 Å². The highest BCUT2D eigenvalue weighted by Gasteiger charge is 2.55. The van der Waals surface area contributed by atoms with Crippen molar-refractivity contribution in [2.24, 2.45) is 0 Å². The number of fused-ring (bicyclic) bond motifs is 1. The van der Waals surface area contributed by atoms with Gasteiger partial charge in [0, 0.05) is 13.5 Å². The number of hydrogen-bond acceptors (Lipinski definition) is 7. The van der Waals surface area contributed by atoms with E-state index in [1.165, 1.54) is 0 Å². The second-order valence-corrected chi connectivity index (χ2v) is 4.20. The van der Waals surface area contributed by atoms with Gasteiger partial charge in [0.25, 0.3) is 5.97 Å². The zero-order valence-corrected chi connectivity index (χ0v) is 9.78. The van der Waals surface area contributed by atoms with Crippen LogP contribution in [0.3, 0.4) is 0 Å². The van der Waals surface area contributed by atoms with Crippen molar-refractivity contribution < 1.29 is 34.3 Å². The third-order valence-electron chi connectivity index (χ3n) is 2.91.